The molecule has 0 saturated heterocycles. The molecule has 30 heavy (non-hydrogen) atoms. The van der Waals surface area contributed by atoms with Gasteiger partial charge in [-0.25, -0.2) is 0 Å². The smallest absolute Gasteiger partial charge is 0.313 e. The van der Waals surface area contributed by atoms with Crippen LogP contribution in [0, 0.1) is 0 Å². The van der Waals surface area contributed by atoms with Crippen LogP contribution in [0.4, 0.5) is 0 Å². The van der Waals surface area contributed by atoms with Crippen LogP contribution < -0.4 is 9.47 Å². The Hall–Kier alpha value is -2.83. The van der Waals surface area contributed by atoms with Crippen LogP contribution in [0.15, 0.2) is 48.5 Å². The Morgan fingerprint density at radius 2 is 1.70 bits per heavy atom. The van der Waals surface area contributed by atoms with Gasteiger partial charge in [0.05, 0.1) is 25.7 Å². The average Bonchev–Trinajstić information content (AvgIpc) is 3.19. The van der Waals surface area contributed by atoms with Crippen LogP contribution in [0.3, 0.4) is 0 Å². The Kier molecular flexibility index (Phi) is 7.13. The monoisotopic (exact) mass is 444 g/mol. The maximum atomic E-state index is 12.7. The van der Waals surface area contributed by atoms with Crippen LogP contribution in [0.5, 0.6) is 11.5 Å². The molecule has 7 heteroatoms. The minimum Gasteiger partial charge on any atom is -0.497 e. The number of carbonyl (C=O) groups is 2. The van der Waals surface area contributed by atoms with Crippen molar-refractivity contribution in [2.45, 2.75) is 13.3 Å². The molecule has 0 saturated carbocycles. The predicted octanol–water partition coefficient (Wildman–Crippen LogP) is 5.89. The Labute approximate surface area is 184 Å². The van der Waals surface area contributed by atoms with Crippen molar-refractivity contribution in [3.05, 3.63) is 58.4 Å². The number of thiophene rings is 1. The number of halogens is 1. The van der Waals surface area contributed by atoms with Gasteiger partial charge in [-0.3, -0.25) is 9.59 Å². The first-order chi connectivity index (χ1) is 14.5. The number of ketones is 1. The highest BCUT2D eigenvalue weighted by atomic mass is 35.5. The molecule has 0 aliphatic heterocycles. The van der Waals surface area contributed by atoms with Crippen molar-refractivity contribution in [3.63, 3.8) is 0 Å². The van der Waals surface area contributed by atoms with Gasteiger partial charge in [-0.05, 0) is 42.8 Å². The van der Waals surface area contributed by atoms with E-state index in [1.165, 1.54) is 11.3 Å². The number of hydrogen-bond donors (Lipinski definition) is 0. The number of rotatable bonds is 8. The molecule has 0 amide bonds. The standard InChI is InChI=1S/C23H21ClO5S/c1-4-29-22(26)13-19(25)21-12-18(14-5-7-15(24)8-6-14)23(30-21)17-10-9-16(27-2)11-20(17)28-3/h5-12H,4,13H2,1-3H3. The third-order valence-corrected chi connectivity index (χ3v) is 5.89. The third-order valence-electron chi connectivity index (χ3n) is 4.43. The normalized spacial score (nSPS) is 10.5. The lowest BCUT2D eigenvalue weighted by molar-refractivity contribution is -0.141. The number of Topliss-reactive ketones (excluding diaryl/α,β-unsaturated/α-hetero) is 1. The van der Waals surface area contributed by atoms with Gasteiger partial charge in [0.1, 0.15) is 17.9 Å². The van der Waals surface area contributed by atoms with Gasteiger partial charge in [0.15, 0.2) is 5.78 Å². The summed E-state index contributed by atoms with van der Waals surface area (Å²) in [6, 6.07) is 14.7. The number of methoxy groups -OCH3 is 2. The highest BCUT2D eigenvalue weighted by Crippen LogP contribution is 2.44. The molecule has 0 N–H and O–H groups in total. The molecule has 0 unspecified atom stereocenters. The van der Waals surface area contributed by atoms with E-state index < -0.39 is 5.97 Å². The zero-order valence-electron chi connectivity index (χ0n) is 16.9. The van der Waals surface area contributed by atoms with Crippen molar-refractivity contribution in [2.24, 2.45) is 0 Å². The Balaban J connectivity index is 2.11. The first kappa shape index (κ1) is 21.9. The first-order valence-electron chi connectivity index (χ1n) is 9.27. The van der Waals surface area contributed by atoms with E-state index in [0.717, 1.165) is 21.6 Å². The molecular weight excluding hydrogens is 424 g/mol. The molecule has 1 aromatic heterocycles. The van der Waals surface area contributed by atoms with Gasteiger partial charge in [0, 0.05) is 27.1 Å². The summed E-state index contributed by atoms with van der Waals surface area (Å²) in [7, 11) is 3.17. The van der Waals surface area contributed by atoms with E-state index in [4.69, 9.17) is 25.8 Å². The van der Waals surface area contributed by atoms with E-state index in [-0.39, 0.29) is 18.8 Å². The fourth-order valence-electron chi connectivity index (χ4n) is 2.99. The van der Waals surface area contributed by atoms with Crippen molar-refractivity contribution in [1.82, 2.24) is 0 Å². The molecule has 1 heterocycles. The summed E-state index contributed by atoms with van der Waals surface area (Å²) in [6.45, 7) is 1.95. The van der Waals surface area contributed by atoms with Gasteiger partial charge in [0.2, 0.25) is 0 Å². The quantitative estimate of drug-likeness (QED) is 0.246. The molecule has 156 valence electrons. The van der Waals surface area contributed by atoms with Gasteiger partial charge >= 0.3 is 5.97 Å². The zero-order chi connectivity index (χ0) is 21.7. The van der Waals surface area contributed by atoms with Crippen molar-refractivity contribution < 1.29 is 23.8 Å². The Morgan fingerprint density at radius 3 is 2.33 bits per heavy atom. The topological polar surface area (TPSA) is 61.8 Å². The third kappa shape index (κ3) is 4.83. The number of ether oxygens (including phenoxy) is 3. The van der Waals surface area contributed by atoms with Gasteiger partial charge in [-0.15, -0.1) is 11.3 Å². The van der Waals surface area contributed by atoms with Crippen LogP contribution >= 0.6 is 22.9 Å². The van der Waals surface area contributed by atoms with Crippen molar-refractivity contribution in [2.75, 3.05) is 20.8 Å². The highest BCUT2D eigenvalue weighted by Gasteiger charge is 2.22. The van der Waals surface area contributed by atoms with Gasteiger partial charge in [-0.2, -0.15) is 0 Å². The maximum absolute atomic E-state index is 12.7. The highest BCUT2D eigenvalue weighted by molar-refractivity contribution is 7.18. The molecule has 2 aromatic carbocycles. The van der Waals surface area contributed by atoms with Gasteiger partial charge in [0.25, 0.3) is 0 Å². The summed E-state index contributed by atoms with van der Waals surface area (Å²) in [4.78, 5) is 25.8. The molecular formula is C23H21ClO5S. The minimum absolute atomic E-state index is 0.237. The van der Waals surface area contributed by atoms with Crippen LogP contribution in [0.2, 0.25) is 5.02 Å². The lowest BCUT2D eigenvalue weighted by Crippen LogP contribution is -2.10. The number of hydrogen-bond acceptors (Lipinski definition) is 6. The second-order valence-corrected chi connectivity index (χ2v) is 7.82. The van der Waals surface area contributed by atoms with E-state index in [1.807, 2.05) is 24.3 Å². The fourth-order valence-corrected chi connectivity index (χ4v) is 4.26. The molecule has 0 bridgehead atoms. The largest absolute Gasteiger partial charge is 0.497 e. The average molecular weight is 445 g/mol. The predicted molar refractivity (Wildman–Crippen MR) is 119 cm³/mol. The van der Waals surface area contributed by atoms with E-state index in [1.54, 1.807) is 45.4 Å². The lowest BCUT2D eigenvalue weighted by atomic mass is 10.0. The van der Waals surface area contributed by atoms with E-state index in [2.05, 4.69) is 0 Å². The zero-order valence-corrected chi connectivity index (χ0v) is 18.4. The Morgan fingerprint density at radius 1 is 0.967 bits per heavy atom. The molecule has 0 aliphatic rings. The van der Waals surface area contributed by atoms with Crippen molar-refractivity contribution in [1.29, 1.82) is 0 Å². The van der Waals surface area contributed by atoms with Crippen LogP contribution in [-0.4, -0.2) is 32.6 Å². The fraction of sp³-hybridized carbons (Fsp3) is 0.217. The van der Waals surface area contributed by atoms with Gasteiger partial charge in [-0.1, -0.05) is 23.7 Å². The van der Waals surface area contributed by atoms with Crippen LogP contribution in [0.1, 0.15) is 23.0 Å². The summed E-state index contributed by atoms with van der Waals surface area (Å²) < 4.78 is 15.8. The molecule has 0 radical (unpaired) electrons. The second-order valence-electron chi connectivity index (χ2n) is 6.33. The summed E-state index contributed by atoms with van der Waals surface area (Å²) in [6.07, 6.45) is -0.298. The molecule has 0 spiro atoms. The van der Waals surface area contributed by atoms with Crippen LogP contribution in [0.25, 0.3) is 21.6 Å². The van der Waals surface area contributed by atoms with Crippen molar-refractivity contribution >= 4 is 34.7 Å². The number of benzene rings is 2. The second kappa shape index (κ2) is 9.78. The summed E-state index contributed by atoms with van der Waals surface area (Å²) in [5.74, 6) is 0.467. The van der Waals surface area contributed by atoms with Gasteiger partial charge < -0.3 is 14.2 Å². The number of esters is 1. The number of carbonyl (C=O) groups excluding carboxylic acids is 2. The molecule has 5 nitrogen and oxygen atoms in total. The molecule has 3 aromatic rings. The SMILES string of the molecule is CCOC(=O)CC(=O)c1cc(-c2ccc(Cl)cc2)c(-c2ccc(OC)cc2OC)s1. The Bertz CT molecular complexity index is 1060. The minimum atomic E-state index is -0.535. The van der Waals surface area contributed by atoms with E-state index in [9.17, 15) is 9.59 Å². The molecule has 0 fully saturated rings. The maximum Gasteiger partial charge on any atom is 0.313 e. The molecule has 3 rings (SSSR count). The molecule has 0 atom stereocenters. The summed E-state index contributed by atoms with van der Waals surface area (Å²) >= 11 is 7.35. The van der Waals surface area contributed by atoms with Crippen molar-refractivity contribution in [3.8, 4) is 33.1 Å². The van der Waals surface area contributed by atoms with E-state index in [0.29, 0.717) is 21.4 Å². The summed E-state index contributed by atoms with van der Waals surface area (Å²) in [5.41, 5.74) is 2.58. The van der Waals surface area contributed by atoms with Crippen LogP contribution in [-0.2, 0) is 9.53 Å². The summed E-state index contributed by atoms with van der Waals surface area (Å²) in [5, 5.41) is 0.621. The molecule has 0 aliphatic carbocycles. The lowest BCUT2D eigenvalue weighted by Gasteiger charge is -2.11. The van der Waals surface area contributed by atoms with E-state index >= 15 is 0 Å². The first-order valence-corrected chi connectivity index (χ1v) is 10.5.